The molecule has 0 radical (unpaired) electrons. The number of rotatable bonds is 4. The van der Waals surface area contributed by atoms with E-state index >= 15 is 0 Å². The Morgan fingerprint density at radius 1 is 1.35 bits per heavy atom. The summed E-state index contributed by atoms with van der Waals surface area (Å²) in [6, 6.07) is 5.97. The van der Waals surface area contributed by atoms with E-state index in [-0.39, 0.29) is 17.9 Å². The van der Waals surface area contributed by atoms with E-state index in [9.17, 15) is 14.3 Å². The van der Waals surface area contributed by atoms with E-state index in [0.29, 0.717) is 32.7 Å². The number of nitrogens with zero attached hydrogens (tertiary/aromatic N) is 1. The van der Waals surface area contributed by atoms with Crippen molar-refractivity contribution >= 4 is 6.03 Å². The van der Waals surface area contributed by atoms with Crippen LogP contribution in [0.1, 0.15) is 24.8 Å². The molecular formula is C17H23FN2O3. The first-order valence-corrected chi connectivity index (χ1v) is 8.17. The maximum Gasteiger partial charge on any atom is 0.317 e. The number of hydrogen-bond donors (Lipinski definition) is 2. The molecule has 0 aromatic heterocycles. The summed E-state index contributed by atoms with van der Waals surface area (Å²) >= 11 is 0. The second kappa shape index (κ2) is 6.84. The van der Waals surface area contributed by atoms with Crippen LogP contribution in [0.3, 0.4) is 0 Å². The van der Waals surface area contributed by atoms with Crippen LogP contribution >= 0.6 is 0 Å². The van der Waals surface area contributed by atoms with Gasteiger partial charge in [-0.25, -0.2) is 9.18 Å². The number of piperidine rings is 1. The van der Waals surface area contributed by atoms with Gasteiger partial charge in [-0.15, -0.1) is 0 Å². The van der Waals surface area contributed by atoms with Gasteiger partial charge < -0.3 is 20.1 Å². The molecule has 2 heterocycles. The number of carbonyl (C=O) groups excluding carboxylic acids is 1. The lowest BCUT2D eigenvalue weighted by Gasteiger charge is -2.49. The highest BCUT2D eigenvalue weighted by Gasteiger charge is 2.48. The van der Waals surface area contributed by atoms with Crippen molar-refractivity contribution in [3.8, 4) is 0 Å². The van der Waals surface area contributed by atoms with Crippen molar-refractivity contribution in [3.63, 3.8) is 0 Å². The summed E-state index contributed by atoms with van der Waals surface area (Å²) in [5, 5.41) is 13.4. The number of benzene rings is 1. The van der Waals surface area contributed by atoms with Crippen LogP contribution in [0.5, 0.6) is 0 Å². The number of ether oxygens (including phenoxy) is 1. The van der Waals surface area contributed by atoms with E-state index in [1.807, 2.05) is 0 Å². The van der Waals surface area contributed by atoms with Gasteiger partial charge in [0.1, 0.15) is 11.4 Å². The monoisotopic (exact) mass is 322 g/mol. The fraction of sp³-hybridized carbons (Fsp3) is 0.588. The molecule has 2 aliphatic rings. The van der Waals surface area contributed by atoms with Crippen molar-refractivity contribution in [3.05, 3.63) is 35.6 Å². The normalized spacial score (nSPS) is 23.2. The molecule has 0 saturated carbocycles. The van der Waals surface area contributed by atoms with Gasteiger partial charge in [-0.1, -0.05) is 12.1 Å². The molecule has 126 valence electrons. The second-order valence-corrected chi connectivity index (χ2v) is 6.41. The summed E-state index contributed by atoms with van der Waals surface area (Å²) in [7, 11) is 0. The Morgan fingerprint density at radius 2 is 2.09 bits per heavy atom. The largest absolute Gasteiger partial charge is 0.383 e. The minimum absolute atomic E-state index is 0.142. The minimum atomic E-state index is -0.894. The topological polar surface area (TPSA) is 61.8 Å². The summed E-state index contributed by atoms with van der Waals surface area (Å²) in [6.45, 7) is 1.76. The Labute approximate surface area is 135 Å². The van der Waals surface area contributed by atoms with Crippen molar-refractivity contribution in [2.75, 3.05) is 26.3 Å². The number of amides is 2. The molecule has 23 heavy (non-hydrogen) atoms. The number of carbonyl (C=O) groups is 1. The van der Waals surface area contributed by atoms with Crippen LogP contribution in [0.25, 0.3) is 0 Å². The zero-order valence-corrected chi connectivity index (χ0v) is 13.1. The third-order valence-electron chi connectivity index (χ3n) is 4.69. The van der Waals surface area contributed by atoms with Gasteiger partial charge in [-0.2, -0.15) is 0 Å². The molecule has 2 saturated heterocycles. The standard InChI is InChI=1S/C17H23FN2O3/c18-14-6-4-13(5-7-14)8-9-19-16(21)20-10-2-1-3-15(20)17(22)11-23-12-17/h4-7,15,22H,1-3,8-12H2,(H,19,21). The van der Waals surface area contributed by atoms with Gasteiger partial charge in [0.25, 0.3) is 0 Å². The highest BCUT2D eigenvalue weighted by Crippen LogP contribution is 2.31. The molecule has 1 unspecified atom stereocenters. The van der Waals surface area contributed by atoms with Crippen molar-refractivity contribution in [1.82, 2.24) is 10.2 Å². The van der Waals surface area contributed by atoms with Gasteiger partial charge in [-0.05, 0) is 43.4 Å². The fourth-order valence-electron chi connectivity index (χ4n) is 3.30. The first-order chi connectivity index (χ1) is 11.1. The lowest BCUT2D eigenvalue weighted by molar-refractivity contribution is -0.211. The van der Waals surface area contributed by atoms with Crippen LogP contribution in [-0.2, 0) is 11.2 Å². The van der Waals surface area contributed by atoms with Gasteiger partial charge in [0.2, 0.25) is 0 Å². The molecule has 0 spiro atoms. The highest BCUT2D eigenvalue weighted by atomic mass is 19.1. The first kappa shape index (κ1) is 16.2. The quantitative estimate of drug-likeness (QED) is 0.887. The van der Waals surface area contributed by atoms with Gasteiger partial charge in [-0.3, -0.25) is 0 Å². The summed E-state index contributed by atoms with van der Waals surface area (Å²) in [4.78, 5) is 14.2. The first-order valence-electron chi connectivity index (χ1n) is 8.17. The van der Waals surface area contributed by atoms with E-state index in [4.69, 9.17) is 4.74 Å². The fourth-order valence-corrected chi connectivity index (χ4v) is 3.30. The van der Waals surface area contributed by atoms with Crippen LogP contribution in [-0.4, -0.2) is 54.0 Å². The Morgan fingerprint density at radius 3 is 2.74 bits per heavy atom. The van der Waals surface area contributed by atoms with Crippen molar-refractivity contribution in [2.24, 2.45) is 0 Å². The Bertz CT molecular complexity index is 545. The van der Waals surface area contributed by atoms with E-state index in [0.717, 1.165) is 24.8 Å². The highest BCUT2D eigenvalue weighted by molar-refractivity contribution is 5.74. The maximum absolute atomic E-state index is 12.9. The molecule has 2 amide bonds. The number of nitrogens with one attached hydrogen (secondary N) is 1. The van der Waals surface area contributed by atoms with Crippen molar-refractivity contribution in [2.45, 2.75) is 37.3 Å². The third kappa shape index (κ3) is 3.64. The average molecular weight is 322 g/mol. The van der Waals surface area contributed by atoms with E-state index < -0.39 is 5.60 Å². The number of urea groups is 1. The van der Waals surface area contributed by atoms with E-state index in [2.05, 4.69) is 5.32 Å². The molecule has 1 aromatic carbocycles. The minimum Gasteiger partial charge on any atom is -0.383 e. The third-order valence-corrected chi connectivity index (χ3v) is 4.69. The molecule has 1 atom stereocenters. The summed E-state index contributed by atoms with van der Waals surface area (Å²) in [5.41, 5.74) is 0.0854. The molecule has 2 fully saturated rings. The van der Waals surface area contributed by atoms with E-state index in [1.54, 1.807) is 17.0 Å². The molecule has 2 aliphatic heterocycles. The predicted molar refractivity (Wildman–Crippen MR) is 83.6 cm³/mol. The van der Waals surface area contributed by atoms with Crippen LogP contribution in [0.15, 0.2) is 24.3 Å². The molecule has 1 aromatic rings. The van der Waals surface area contributed by atoms with Crippen LogP contribution < -0.4 is 5.32 Å². The number of halogens is 1. The van der Waals surface area contributed by atoms with Gasteiger partial charge in [0.05, 0.1) is 19.3 Å². The van der Waals surface area contributed by atoms with Crippen LogP contribution in [0.2, 0.25) is 0 Å². The van der Waals surface area contributed by atoms with Gasteiger partial charge >= 0.3 is 6.03 Å². The van der Waals surface area contributed by atoms with E-state index in [1.165, 1.54) is 12.1 Å². The van der Waals surface area contributed by atoms with Crippen molar-refractivity contribution in [1.29, 1.82) is 0 Å². The molecule has 3 rings (SSSR count). The summed E-state index contributed by atoms with van der Waals surface area (Å²) in [5.74, 6) is -0.259. The van der Waals surface area contributed by atoms with Gasteiger partial charge in [0, 0.05) is 13.1 Å². The zero-order chi connectivity index (χ0) is 16.3. The summed E-state index contributed by atoms with van der Waals surface area (Å²) in [6.07, 6.45) is 3.44. The lowest BCUT2D eigenvalue weighted by Crippen LogP contribution is -2.66. The second-order valence-electron chi connectivity index (χ2n) is 6.41. The predicted octanol–water partition coefficient (Wildman–Crippen LogP) is 1.69. The average Bonchev–Trinajstić information content (AvgIpc) is 2.54. The molecule has 2 N–H and O–H groups in total. The molecule has 0 aliphatic carbocycles. The summed E-state index contributed by atoms with van der Waals surface area (Å²) < 4.78 is 18.0. The van der Waals surface area contributed by atoms with Crippen LogP contribution in [0, 0.1) is 5.82 Å². The Balaban J connectivity index is 1.52. The zero-order valence-electron chi connectivity index (χ0n) is 13.1. The number of hydrogen-bond acceptors (Lipinski definition) is 3. The SMILES string of the molecule is O=C(NCCc1ccc(F)cc1)N1CCCCC1C1(O)COC1. The lowest BCUT2D eigenvalue weighted by atomic mass is 9.85. The molecule has 6 heteroatoms. The maximum atomic E-state index is 12.9. The molecule has 5 nitrogen and oxygen atoms in total. The molecule has 0 bridgehead atoms. The smallest absolute Gasteiger partial charge is 0.317 e. The Hall–Kier alpha value is -1.66. The van der Waals surface area contributed by atoms with Crippen molar-refractivity contribution < 1.29 is 19.0 Å². The van der Waals surface area contributed by atoms with Crippen LogP contribution in [0.4, 0.5) is 9.18 Å². The van der Waals surface area contributed by atoms with Gasteiger partial charge in [0.15, 0.2) is 0 Å². The molecular weight excluding hydrogens is 299 g/mol. The Kier molecular flexibility index (Phi) is 4.82. The number of aliphatic hydroxyl groups is 1. The number of likely N-dealkylation sites (tertiary alicyclic amines) is 1.